The Balaban J connectivity index is 3.43. The van der Waals surface area contributed by atoms with Crippen LogP contribution in [0.3, 0.4) is 0 Å². The van der Waals surface area contributed by atoms with Crippen LogP contribution < -0.4 is 0 Å². The third kappa shape index (κ3) is 2.35. The van der Waals surface area contributed by atoms with Crippen molar-refractivity contribution in [3.05, 3.63) is 40.3 Å². The average molecular weight is 235 g/mol. The fraction of sp³-hybridized carbons (Fsp3) is 0.250. The lowest BCUT2D eigenvalue weighted by Gasteiger charge is -2.08. The predicted molar refractivity (Wildman–Crippen MR) is 49.7 cm³/mol. The number of hydrogen-bond donors (Lipinski definition) is 0. The molecule has 7 heteroatoms. The van der Waals surface area contributed by atoms with E-state index in [0.29, 0.717) is 6.26 Å². The highest BCUT2D eigenvalue weighted by Crippen LogP contribution is 2.27. The second-order valence-corrected chi connectivity index (χ2v) is 5.03. The molecule has 15 heavy (non-hydrogen) atoms. The van der Waals surface area contributed by atoms with Gasteiger partial charge in [-0.2, -0.15) is 0 Å². The third-order valence-corrected chi connectivity index (χ3v) is 2.88. The maximum atomic E-state index is 13.1. The molecule has 82 valence electrons. The molecule has 0 aliphatic carbocycles. The van der Waals surface area contributed by atoms with E-state index in [0.717, 1.165) is 18.2 Å². The van der Waals surface area contributed by atoms with Gasteiger partial charge >= 0.3 is 0 Å². The topological polar surface area (TPSA) is 63.6 Å². The maximum absolute atomic E-state index is 13.1. The lowest BCUT2D eigenvalue weighted by Crippen LogP contribution is -2.12. The molecule has 1 atom stereocenters. The summed E-state index contributed by atoms with van der Waals surface area (Å²) in [5, 5.41) is 0.190. The van der Waals surface area contributed by atoms with Gasteiger partial charge in [-0.25, -0.2) is 17.2 Å². The minimum Gasteiger partial charge on any atom is -0.226 e. The second kappa shape index (κ2) is 4.01. The van der Waals surface area contributed by atoms with Crippen LogP contribution in [0.2, 0.25) is 0 Å². The summed E-state index contributed by atoms with van der Waals surface area (Å²) in [5.41, 5.74) is -0.838. The van der Waals surface area contributed by atoms with Crippen molar-refractivity contribution in [3.63, 3.8) is 0 Å². The summed E-state index contributed by atoms with van der Waals surface area (Å²) in [4.78, 5) is 10.3. The number of benzene rings is 1. The van der Waals surface area contributed by atoms with Gasteiger partial charge in [-0.05, 0) is 17.3 Å². The first kappa shape index (κ1) is 11.7. The van der Waals surface area contributed by atoms with Crippen LogP contribution in [0.4, 0.5) is 8.78 Å². The fourth-order valence-corrected chi connectivity index (χ4v) is 1.90. The van der Waals surface area contributed by atoms with Gasteiger partial charge in [-0.15, -0.1) is 4.91 Å². The van der Waals surface area contributed by atoms with Crippen molar-refractivity contribution in [1.82, 2.24) is 0 Å². The summed E-state index contributed by atoms with van der Waals surface area (Å²) in [7, 11) is -3.97. The molecular formula is C8H7F2NO3S. The van der Waals surface area contributed by atoms with E-state index in [1.807, 2.05) is 0 Å². The van der Waals surface area contributed by atoms with Gasteiger partial charge < -0.3 is 0 Å². The van der Waals surface area contributed by atoms with E-state index in [4.69, 9.17) is 0 Å². The number of nitroso groups, excluding NO2 is 1. The number of sulfone groups is 1. The van der Waals surface area contributed by atoms with E-state index in [9.17, 15) is 22.1 Å². The lowest BCUT2D eigenvalue weighted by molar-refractivity contribution is 0.539. The molecule has 1 aromatic carbocycles. The standard InChI is InChI=1S/C8H7F2NO3S/c1-15(13,14)8(11-12)7-5(9)3-2-4-6(7)10/h2-4,8H,1H3. The molecule has 0 aliphatic rings. The summed E-state index contributed by atoms with van der Waals surface area (Å²) in [6.07, 6.45) is 0.685. The number of hydrogen-bond acceptors (Lipinski definition) is 4. The Labute approximate surface area is 84.8 Å². The molecule has 0 bridgehead atoms. The Hall–Kier alpha value is -1.37. The number of halogens is 2. The van der Waals surface area contributed by atoms with Gasteiger partial charge in [0.1, 0.15) is 11.6 Å². The van der Waals surface area contributed by atoms with Gasteiger partial charge in [0, 0.05) is 6.26 Å². The second-order valence-electron chi connectivity index (χ2n) is 2.92. The fourth-order valence-electron chi connectivity index (χ4n) is 1.09. The molecule has 1 unspecified atom stereocenters. The van der Waals surface area contributed by atoms with E-state index in [1.165, 1.54) is 0 Å². The molecule has 4 nitrogen and oxygen atoms in total. The molecule has 1 rings (SSSR count). The van der Waals surface area contributed by atoms with E-state index in [1.54, 1.807) is 0 Å². The van der Waals surface area contributed by atoms with Crippen molar-refractivity contribution in [1.29, 1.82) is 0 Å². The Morgan fingerprint density at radius 2 is 1.73 bits per heavy atom. The first-order valence-corrected chi connectivity index (χ1v) is 5.78. The van der Waals surface area contributed by atoms with Crippen molar-refractivity contribution in [2.45, 2.75) is 5.37 Å². The first-order chi connectivity index (χ1) is 6.88. The van der Waals surface area contributed by atoms with Crippen molar-refractivity contribution in [2.75, 3.05) is 6.26 Å². The highest BCUT2D eigenvalue weighted by molar-refractivity contribution is 7.90. The molecule has 0 amide bonds. The quantitative estimate of drug-likeness (QED) is 0.750. The Morgan fingerprint density at radius 3 is 2.07 bits per heavy atom. The van der Waals surface area contributed by atoms with Gasteiger partial charge in [0.2, 0.25) is 5.37 Å². The zero-order valence-electron chi connectivity index (χ0n) is 7.65. The number of rotatable bonds is 3. The van der Waals surface area contributed by atoms with Gasteiger partial charge in [0.25, 0.3) is 0 Å². The van der Waals surface area contributed by atoms with Crippen LogP contribution in [0, 0.1) is 16.5 Å². The van der Waals surface area contributed by atoms with E-state index < -0.39 is 32.4 Å². The summed E-state index contributed by atoms with van der Waals surface area (Å²) >= 11 is 0. The van der Waals surface area contributed by atoms with Crippen LogP contribution in [0.25, 0.3) is 0 Å². The lowest BCUT2D eigenvalue weighted by atomic mass is 10.2. The molecule has 1 aromatic rings. The monoisotopic (exact) mass is 235 g/mol. The van der Waals surface area contributed by atoms with Crippen LogP contribution in [0.15, 0.2) is 23.4 Å². The van der Waals surface area contributed by atoms with Gasteiger partial charge in [-0.3, -0.25) is 0 Å². The third-order valence-electron chi connectivity index (χ3n) is 1.75. The van der Waals surface area contributed by atoms with Crippen LogP contribution in [0.1, 0.15) is 10.9 Å². The molecule has 0 fully saturated rings. The van der Waals surface area contributed by atoms with E-state index in [2.05, 4.69) is 5.18 Å². The summed E-state index contributed by atoms with van der Waals surface area (Å²) in [6.45, 7) is 0. The molecular weight excluding hydrogens is 228 g/mol. The minimum absolute atomic E-state index is 0.685. The molecule has 0 heterocycles. The van der Waals surface area contributed by atoms with Crippen molar-refractivity contribution in [3.8, 4) is 0 Å². The summed E-state index contributed by atoms with van der Waals surface area (Å²) < 4.78 is 48.3. The molecule has 0 radical (unpaired) electrons. The molecule has 0 saturated carbocycles. The predicted octanol–water partition coefficient (Wildman–Crippen LogP) is 1.77. The van der Waals surface area contributed by atoms with Crippen LogP contribution >= 0.6 is 0 Å². The van der Waals surface area contributed by atoms with Crippen LogP contribution in [-0.2, 0) is 9.84 Å². The van der Waals surface area contributed by atoms with Crippen LogP contribution in [-0.4, -0.2) is 14.7 Å². The van der Waals surface area contributed by atoms with Gasteiger partial charge in [-0.1, -0.05) is 6.07 Å². The normalized spacial score (nSPS) is 13.5. The Kier molecular flexibility index (Phi) is 3.13. The number of nitrogens with zero attached hydrogens (tertiary/aromatic N) is 1. The minimum atomic E-state index is -3.97. The molecule has 0 aromatic heterocycles. The maximum Gasteiger partial charge on any atom is 0.223 e. The van der Waals surface area contributed by atoms with E-state index >= 15 is 0 Å². The molecule has 0 N–H and O–H groups in total. The molecule has 0 aliphatic heterocycles. The van der Waals surface area contributed by atoms with Gasteiger partial charge in [0.05, 0.1) is 5.56 Å². The van der Waals surface area contributed by atoms with Crippen LogP contribution in [0.5, 0.6) is 0 Å². The smallest absolute Gasteiger partial charge is 0.223 e. The SMILES string of the molecule is CS(=O)(=O)C(N=O)c1c(F)cccc1F. The van der Waals surface area contributed by atoms with Crippen molar-refractivity contribution < 1.29 is 17.2 Å². The zero-order chi connectivity index (χ0) is 11.6. The van der Waals surface area contributed by atoms with E-state index in [-0.39, 0.29) is 0 Å². The van der Waals surface area contributed by atoms with Crippen molar-refractivity contribution in [2.24, 2.45) is 5.18 Å². The van der Waals surface area contributed by atoms with Crippen molar-refractivity contribution >= 4 is 9.84 Å². The summed E-state index contributed by atoms with van der Waals surface area (Å²) in [5.74, 6) is -2.21. The molecule has 0 spiro atoms. The zero-order valence-corrected chi connectivity index (χ0v) is 8.46. The average Bonchev–Trinajstić information content (AvgIpc) is 2.09. The summed E-state index contributed by atoms with van der Waals surface area (Å²) in [6, 6.07) is 2.79. The highest BCUT2D eigenvalue weighted by Gasteiger charge is 2.29. The molecule has 0 saturated heterocycles. The Morgan fingerprint density at radius 1 is 1.27 bits per heavy atom. The Bertz CT molecular complexity index is 466. The van der Waals surface area contributed by atoms with Gasteiger partial charge in [0.15, 0.2) is 9.84 Å². The largest absolute Gasteiger partial charge is 0.226 e. The first-order valence-electron chi connectivity index (χ1n) is 3.83. The highest BCUT2D eigenvalue weighted by atomic mass is 32.2.